The quantitative estimate of drug-likeness (QED) is 0.770. The summed E-state index contributed by atoms with van der Waals surface area (Å²) in [7, 11) is 0. The van der Waals surface area contributed by atoms with Crippen LogP contribution in [0.5, 0.6) is 0 Å². The molecule has 2 N–H and O–H groups in total. The molecule has 0 saturated carbocycles. The number of nitrogens with one attached hydrogen (secondary N) is 1. The van der Waals surface area contributed by atoms with E-state index in [1.165, 1.54) is 12.1 Å². The number of aromatic carboxylic acids is 1. The highest BCUT2D eigenvalue weighted by Crippen LogP contribution is 2.13. The zero-order valence-corrected chi connectivity index (χ0v) is 11.9. The Labute approximate surface area is 131 Å². The average molecular weight is 308 g/mol. The van der Waals surface area contributed by atoms with Crippen molar-refractivity contribution < 1.29 is 14.7 Å². The molecule has 0 unspecified atom stereocenters. The van der Waals surface area contributed by atoms with Crippen LogP contribution in [-0.4, -0.2) is 31.7 Å². The predicted octanol–water partition coefficient (Wildman–Crippen LogP) is 2.22. The number of carbonyl (C=O) groups is 2. The molecule has 0 saturated heterocycles. The second-order valence-electron chi connectivity index (χ2n) is 4.75. The van der Waals surface area contributed by atoms with Crippen LogP contribution in [0.15, 0.2) is 61.2 Å². The fraction of sp³-hybridized carbons (Fsp3) is 0. The largest absolute Gasteiger partial charge is 0.478 e. The molecule has 0 spiro atoms. The van der Waals surface area contributed by atoms with Gasteiger partial charge in [0, 0.05) is 16.9 Å². The molecule has 114 valence electrons. The minimum Gasteiger partial charge on any atom is -0.478 e. The molecule has 7 heteroatoms. The van der Waals surface area contributed by atoms with Gasteiger partial charge in [-0.2, -0.15) is 0 Å². The molecule has 23 heavy (non-hydrogen) atoms. The van der Waals surface area contributed by atoms with Crippen LogP contribution in [0.3, 0.4) is 0 Å². The van der Waals surface area contributed by atoms with Crippen LogP contribution < -0.4 is 5.32 Å². The number of carbonyl (C=O) groups excluding carboxylic acids is 1. The van der Waals surface area contributed by atoms with E-state index in [1.807, 2.05) is 0 Å². The SMILES string of the molecule is O=C(O)c1ccc(NC(=O)c2ccc(-n3cnnc3)cc2)cc1. The molecule has 3 rings (SSSR count). The number of carboxylic acid groups (broad SMARTS) is 1. The van der Waals surface area contributed by atoms with E-state index in [0.29, 0.717) is 11.3 Å². The van der Waals surface area contributed by atoms with Gasteiger partial charge in [0.1, 0.15) is 12.7 Å². The first kappa shape index (κ1) is 14.5. The molecule has 1 amide bonds. The summed E-state index contributed by atoms with van der Waals surface area (Å²) >= 11 is 0. The van der Waals surface area contributed by atoms with Gasteiger partial charge in [0.2, 0.25) is 0 Å². The summed E-state index contributed by atoms with van der Waals surface area (Å²) in [6.07, 6.45) is 3.14. The van der Waals surface area contributed by atoms with Crippen molar-refractivity contribution in [1.82, 2.24) is 14.8 Å². The Morgan fingerprint density at radius 2 is 1.43 bits per heavy atom. The van der Waals surface area contributed by atoms with Crippen molar-refractivity contribution in [2.24, 2.45) is 0 Å². The maximum absolute atomic E-state index is 12.2. The lowest BCUT2D eigenvalue weighted by molar-refractivity contribution is 0.0696. The number of benzene rings is 2. The van der Waals surface area contributed by atoms with E-state index in [2.05, 4.69) is 15.5 Å². The van der Waals surface area contributed by atoms with Crippen LogP contribution in [0.2, 0.25) is 0 Å². The number of anilines is 1. The zero-order chi connectivity index (χ0) is 16.2. The van der Waals surface area contributed by atoms with Crippen LogP contribution in [0.25, 0.3) is 5.69 Å². The summed E-state index contributed by atoms with van der Waals surface area (Å²) in [4.78, 5) is 23.0. The van der Waals surface area contributed by atoms with E-state index < -0.39 is 5.97 Å². The van der Waals surface area contributed by atoms with Gasteiger partial charge in [-0.3, -0.25) is 9.36 Å². The highest BCUT2D eigenvalue weighted by molar-refractivity contribution is 6.04. The summed E-state index contributed by atoms with van der Waals surface area (Å²) in [5, 5.41) is 19.0. The topological polar surface area (TPSA) is 97.1 Å². The zero-order valence-electron chi connectivity index (χ0n) is 11.9. The third-order valence-corrected chi connectivity index (χ3v) is 3.24. The monoisotopic (exact) mass is 308 g/mol. The van der Waals surface area contributed by atoms with Crippen molar-refractivity contribution in [1.29, 1.82) is 0 Å². The van der Waals surface area contributed by atoms with Gasteiger partial charge in [-0.1, -0.05) is 0 Å². The predicted molar refractivity (Wildman–Crippen MR) is 82.7 cm³/mol. The molecular formula is C16H12N4O3. The summed E-state index contributed by atoms with van der Waals surface area (Å²) < 4.78 is 1.73. The van der Waals surface area contributed by atoms with Crippen molar-refractivity contribution in [2.45, 2.75) is 0 Å². The van der Waals surface area contributed by atoms with Crippen LogP contribution in [0, 0.1) is 0 Å². The molecule has 0 atom stereocenters. The molecule has 3 aromatic rings. The van der Waals surface area contributed by atoms with Crippen molar-refractivity contribution in [3.63, 3.8) is 0 Å². The number of rotatable bonds is 4. The van der Waals surface area contributed by atoms with Gasteiger partial charge in [0.05, 0.1) is 5.56 Å². The first-order valence-corrected chi connectivity index (χ1v) is 6.73. The third-order valence-electron chi connectivity index (χ3n) is 3.24. The standard InChI is InChI=1S/C16H12N4O3/c21-15(19-13-5-1-12(2-6-13)16(22)23)11-3-7-14(8-4-11)20-9-17-18-10-20/h1-10H,(H,19,21)(H,22,23). The Bertz CT molecular complexity index is 825. The number of hydrogen-bond donors (Lipinski definition) is 2. The minimum atomic E-state index is -1.01. The molecule has 0 aliphatic rings. The normalized spacial score (nSPS) is 10.3. The van der Waals surface area contributed by atoms with Crippen molar-refractivity contribution in [3.8, 4) is 5.69 Å². The smallest absolute Gasteiger partial charge is 0.335 e. The fourth-order valence-corrected chi connectivity index (χ4v) is 2.02. The number of nitrogens with zero attached hydrogens (tertiary/aromatic N) is 3. The molecule has 0 aliphatic heterocycles. The number of aromatic nitrogens is 3. The Balaban J connectivity index is 1.71. The van der Waals surface area contributed by atoms with E-state index in [1.54, 1.807) is 53.6 Å². The van der Waals surface area contributed by atoms with Crippen LogP contribution >= 0.6 is 0 Å². The summed E-state index contributed by atoms with van der Waals surface area (Å²) in [6.45, 7) is 0. The lowest BCUT2D eigenvalue weighted by atomic mass is 10.1. The Morgan fingerprint density at radius 1 is 0.870 bits per heavy atom. The molecule has 0 radical (unpaired) electrons. The molecule has 0 fully saturated rings. The van der Waals surface area contributed by atoms with Crippen LogP contribution in [0.4, 0.5) is 5.69 Å². The number of hydrogen-bond acceptors (Lipinski definition) is 4. The van der Waals surface area contributed by atoms with Crippen LogP contribution in [-0.2, 0) is 0 Å². The molecule has 0 bridgehead atoms. The van der Waals surface area contributed by atoms with Gasteiger partial charge < -0.3 is 10.4 Å². The van der Waals surface area contributed by atoms with Gasteiger partial charge in [0.15, 0.2) is 0 Å². The van der Waals surface area contributed by atoms with Crippen molar-refractivity contribution in [2.75, 3.05) is 5.32 Å². The Hall–Kier alpha value is -3.48. The highest BCUT2D eigenvalue weighted by Gasteiger charge is 2.08. The molecule has 0 aliphatic carbocycles. The lowest BCUT2D eigenvalue weighted by Crippen LogP contribution is -2.12. The maximum Gasteiger partial charge on any atom is 0.335 e. The first-order valence-electron chi connectivity index (χ1n) is 6.73. The summed E-state index contributed by atoms with van der Waals surface area (Å²) in [5.41, 5.74) is 2.03. The van der Waals surface area contributed by atoms with E-state index in [4.69, 9.17) is 5.11 Å². The summed E-state index contributed by atoms with van der Waals surface area (Å²) in [6, 6.07) is 12.9. The second kappa shape index (κ2) is 6.10. The third kappa shape index (κ3) is 3.24. The van der Waals surface area contributed by atoms with Gasteiger partial charge in [-0.25, -0.2) is 4.79 Å². The molecule has 1 heterocycles. The van der Waals surface area contributed by atoms with Crippen molar-refractivity contribution >= 4 is 17.6 Å². The van der Waals surface area contributed by atoms with E-state index >= 15 is 0 Å². The fourth-order valence-electron chi connectivity index (χ4n) is 2.02. The number of carboxylic acids is 1. The van der Waals surface area contributed by atoms with Gasteiger partial charge in [-0.15, -0.1) is 10.2 Å². The van der Waals surface area contributed by atoms with E-state index in [-0.39, 0.29) is 11.5 Å². The Kier molecular flexibility index (Phi) is 3.84. The highest BCUT2D eigenvalue weighted by atomic mass is 16.4. The average Bonchev–Trinajstić information content (AvgIpc) is 3.10. The first-order chi connectivity index (χ1) is 11.1. The molecule has 2 aromatic carbocycles. The summed E-state index contributed by atoms with van der Waals surface area (Å²) in [5.74, 6) is -1.28. The lowest BCUT2D eigenvalue weighted by Gasteiger charge is -2.07. The molecule has 1 aromatic heterocycles. The minimum absolute atomic E-state index is 0.168. The van der Waals surface area contributed by atoms with Gasteiger partial charge in [0.25, 0.3) is 5.91 Å². The van der Waals surface area contributed by atoms with Crippen molar-refractivity contribution in [3.05, 3.63) is 72.3 Å². The Morgan fingerprint density at radius 3 is 2.00 bits per heavy atom. The second-order valence-corrected chi connectivity index (χ2v) is 4.75. The van der Waals surface area contributed by atoms with Crippen LogP contribution in [0.1, 0.15) is 20.7 Å². The van der Waals surface area contributed by atoms with Gasteiger partial charge in [-0.05, 0) is 48.5 Å². The number of amides is 1. The van der Waals surface area contributed by atoms with E-state index in [0.717, 1.165) is 5.69 Å². The van der Waals surface area contributed by atoms with E-state index in [9.17, 15) is 9.59 Å². The molecule has 7 nitrogen and oxygen atoms in total. The maximum atomic E-state index is 12.2. The van der Waals surface area contributed by atoms with Gasteiger partial charge >= 0.3 is 5.97 Å². The molecular weight excluding hydrogens is 296 g/mol.